The summed E-state index contributed by atoms with van der Waals surface area (Å²) in [7, 11) is 1.89. The molecule has 0 saturated carbocycles. The van der Waals surface area contributed by atoms with Crippen LogP contribution in [0.2, 0.25) is 0 Å². The van der Waals surface area contributed by atoms with Crippen molar-refractivity contribution >= 4 is 6.08 Å². The van der Waals surface area contributed by atoms with Gasteiger partial charge in [0.2, 0.25) is 0 Å². The van der Waals surface area contributed by atoms with E-state index in [2.05, 4.69) is 17.4 Å². The van der Waals surface area contributed by atoms with Crippen molar-refractivity contribution in [2.24, 2.45) is 0 Å². The number of nitrogens with one attached hydrogen (secondary N) is 1. The number of benzene rings is 1. The van der Waals surface area contributed by atoms with E-state index in [0.717, 1.165) is 0 Å². The van der Waals surface area contributed by atoms with E-state index in [-0.39, 0.29) is 0 Å². The van der Waals surface area contributed by atoms with Gasteiger partial charge < -0.3 is 5.32 Å². The maximum Gasteiger partial charge on any atom is 0.00277 e. The van der Waals surface area contributed by atoms with E-state index in [9.17, 15) is 0 Å². The molecule has 0 fully saturated rings. The van der Waals surface area contributed by atoms with Crippen LogP contribution in [0.4, 0.5) is 0 Å². The molecule has 0 heterocycles. The minimum Gasteiger partial charge on any atom is -0.394 e. The molecule has 1 heteroatoms. The number of rotatable bonds is 2. The summed E-state index contributed by atoms with van der Waals surface area (Å²) in [5, 5.41) is 2.94. The predicted molar refractivity (Wildman–Crippen MR) is 44.5 cm³/mol. The largest absolute Gasteiger partial charge is 0.394 e. The average molecular weight is 133 g/mol. The maximum absolute atomic E-state index is 2.94. The molecule has 1 aromatic carbocycles. The van der Waals surface area contributed by atoms with Gasteiger partial charge in [-0.25, -0.2) is 0 Å². The van der Waals surface area contributed by atoms with Gasteiger partial charge in [0.15, 0.2) is 0 Å². The molecule has 0 saturated heterocycles. The highest BCUT2D eigenvalue weighted by Gasteiger charge is 1.78. The standard InChI is InChI=1S/C9H11N/c1-10-8-7-9-5-3-2-4-6-9/h2-8,10H,1H3. The van der Waals surface area contributed by atoms with Gasteiger partial charge in [0.05, 0.1) is 0 Å². The first-order valence-electron chi connectivity index (χ1n) is 3.32. The Balaban J connectivity index is 2.67. The second-order valence-electron chi connectivity index (χ2n) is 2.03. The summed E-state index contributed by atoms with van der Waals surface area (Å²) >= 11 is 0. The van der Waals surface area contributed by atoms with E-state index in [1.54, 1.807) is 0 Å². The molecule has 0 aliphatic rings. The van der Waals surface area contributed by atoms with Gasteiger partial charge in [-0.2, -0.15) is 0 Å². The molecular formula is C9H11N. The molecule has 0 aromatic heterocycles. The number of hydrogen-bond donors (Lipinski definition) is 1. The fourth-order valence-electron chi connectivity index (χ4n) is 0.744. The highest BCUT2D eigenvalue weighted by molar-refractivity contribution is 5.48. The van der Waals surface area contributed by atoms with E-state index in [1.807, 2.05) is 37.5 Å². The topological polar surface area (TPSA) is 12.0 Å². The summed E-state index contributed by atoms with van der Waals surface area (Å²) in [6.45, 7) is 0. The molecular weight excluding hydrogens is 122 g/mol. The third kappa shape index (κ3) is 1.94. The monoisotopic (exact) mass is 133 g/mol. The molecule has 1 rings (SSSR count). The van der Waals surface area contributed by atoms with Crippen LogP contribution in [0.15, 0.2) is 36.5 Å². The Hall–Kier alpha value is -1.24. The van der Waals surface area contributed by atoms with Gasteiger partial charge in [-0.3, -0.25) is 0 Å². The van der Waals surface area contributed by atoms with E-state index in [4.69, 9.17) is 0 Å². The van der Waals surface area contributed by atoms with Gasteiger partial charge in [-0.15, -0.1) is 0 Å². The quantitative estimate of drug-likeness (QED) is 0.649. The van der Waals surface area contributed by atoms with E-state index >= 15 is 0 Å². The first kappa shape index (κ1) is 6.87. The summed E-state index contributed by atoms with van der Waals surface area (Å²) in [5.41, 5.74) is 1.22. The zero-order valence-corrected chi connectivity index (χ0v) is 6.04. The Morgan fingerprint density at radius 3 is 2.50 bits per heavy atom. The maximum atomic E-state index is 2.94. The number of hydrogen-bond acceptors (Lipinski definition) is 1. The third-order valence-electron chi connectivity index (χ3n) is 1.24. The van der Waals surface area contributed by atoms with Crippen molar-refractivity contribution in [3.05, 3.63) is 42.1 Å². The Morgan fingerprint density at radius 1 is 1.20 bits per heavy atom. The molecule has 1 nitrogen and oxygen atoms in total. The SMILES string of the molecule is CNC=Cc1ccccc1. The lowest BCUT2D eigenvalue weighted by Crippen LogP contribution is -1.90. The molecule has 0 unspecified atom stereocenters. The molecule has 0 aliphatic carbocycles. The van der Waals surface area contributed by atoms with Crippen LogP contribution >= 0.6 is 0 Å². The summed E-state index contributed by atoms with van der Waals surface area (Å²) < 4.78 is 0. The van der Waals surface area contributed by atoms with Crippen molar-refractivity contribution in [2.75, 3.05) is 7.05 Å². The van der Waals surface area contributed by atoms with Crippen LogP contribution in [-0.4, -0.2) is 7.05 Å². The Morgan fingerprint density at radius 2 is 1.90 bits per heavy atom. The van der Waals surface area contributed by atoms with Crippen LogP contribution < -0.4 is 5.32 Å². The lowest BCUT2D eigenvalue weighted by Gasteiger charge is -1.89. The van der Waals surface area contributed by atoms with Gasteiger partial charge in [0, 0.05) is 7.05 Å². The van der Waals surface area contributed by atoms with Gasteiger partial charge in [-0.1, -0.05) is 30.3 Å². The molecule has 0 radical (unpaired) electrons. The van der Waals surface area contributed by atoms with Crippen molar-refractivity contribution in [1.29, 1.82) is 0 Å². The Labute approximate surface area is 61.4 Å². The highest BCUT2D eigenvalue weighted by Crippen LogP contribution is 1.98. The molecule has 52 valence electrons. The van der Waals surface area contributed by atoms with Gasteiger partial charge in [0.1, 0.15) is 0 Å². The van der Waals surface area contributed by atoms with Crippen LogP contribution in [0.1, 0.15) is 5.56 Å². The Kier molecular flexibility index (Phi) is 2.56. The van der Waals surface area contributed by atoms with Gasteiger partial charge >= 0.3 is 0 Å². The second kappa shape index (κ2) is 3.72. The van der Waals surface area contributed by atoms with Crippen LogP contribution in [0.3, 0.4) is 0 Å². The third-order valence-corrected chi connectivity index (χ3v) is 1.24. The van der Waals surface area contributed by atoms with Crippen molar-refractivity contribution in [1.82, 2.24) is 5.32 Å². The summed E-state index contributed by atoms with van der Waals surface area (Å²) in [6.07, 6.45) is 3.94. The molecule has 0 bridgehead atoms. The lowest BCUT2D eigenvalue weighted by molar-refractivity contribution is 1.11. The molecule has 1 aromatic rings. The van der Waals surface area contributed by atoms with E-state index in [1.165, 1.54) is 5.56 Å². The highest BCUT2D eigenvalue weighted by atomic mass is 14.8. The lowest BCUT2D eigenvalue weighted by atomic mass is 10.2. The first-order valence-corrected chi connectivity index (χ1v) is 3.32. The fraction of sp³-hybridized carbons (Fsp3) is 0.111. The molecule has 0 amide bonds. The minimum atomic E-state index is 1.22. The normalized spacial score (nSPS) is 10.1. The average Bonchev–Trinajstić information content (AvgIpc) is 2.03. The van der Waals surface area contributed by atoms with Crippen LogP contribution in [0, 0.1) is 0 Å². The van der Waals surface area contributed by atoms with Crippen LogP contribution in [0.5, 0.6) is 0 Å². The van der Waals surface area contributed by atoms with E-state index < -0.39 is 0 Å². The fourth-order valence-corrected chi connectivity index (χ4v) is 0.744. The smallest absolute Gasteiger partial charge is 0.00277 e. The second-order valence-corrected chi connectivity index (χ2v) is 2.03. The van der Waals surface area contributed by atoms with Crippen molar-refractivity contribution in [2.45, 2.75) is 0 Å². The van der Waals surface area contributed by atoms with Crippen LogP contribution in [0.25, 0.3) is 6.08 Å². The first-order chi connectivity index (χ1) is 4.93. The molecule has 1 N–H and O–H groups in total. The van der Waals surface area contributed by atoms with E-state index in [0.29, 0.717) is 0 Å². The zero-order valence-electron chi connectivity index (χ0n) is 6.04. The molecule has 10 heavy (non-hydrogen) atoms. The van der Waals surface area contributed by atoms with Gasteiger partial charge in [-0.05, 0) is 17.8 Å². The zero-order chi connectivity index (χ0) is 7.23. The molecule has 0 atom stereocenters. The summed E-state index contributed by atoms with van der Waals surface area (Å²) in [6, 6.07) is 10.2. The Bertz CT molecular complexity index is 201. The molecule has 0 aliphatic heterocycles. The summed E-state index contributed by atoms with van der Waals surface area (Å²) in [4.78, 5) is 0. The van der Waals surface area contributed by atoms with Crippen LogP contribution in [-0.2, 0) is 0 Å². The molecule has 0 spiro atoms. The van der Waals surface area contributed by atoms with Crippen molar-refractivity contribution in [3.8, 4) is 0 Å². The van der Waals surface area contributed by atoms with Crippen molar-refractivity contribution in [3.63, 3.8) is 0 Å². The van der Waals surface area contributed by atoms with Crippen molar-refractivity contribution < 1.29 is 0 Å². The summed E-state index contributed by atoms with van der Waals surface area (Å²) in [5.74, 6) is 0. The van der Waals surface area contributed by atoms with Gasteiger partial charge in [0.25, 0.3) is 0 Å². The minimum absolute atomic E-state index is 1.22. The predicted octanol–water partition coefficient (Wildman–Crippen LogP) is 1.88.